The van der Waals surface area contributed by atoms with E-state index in [0.29, 0.717) is 18.5 Å². The predicted octanol–water partition coefficient (Wildman–Crippen LogP) is 3.57. The molecule has 3 amide bonds. The van der Waals surface area contributed by atoms with Gasteiger partial charge in [0.1, 0.15) is 18.2 Å². The second-order valence-electron chi connectivity index (χ2n) is 9.47. The van der Waals surface area contributed by atoms with Gasteiger partial charge in [-0.05, 0) is 53.5 Å². The van der Waals surface area contributed by atoms with Crippen LogP contribution in [-0.2, 0) is 23.9 Å². The lowest BCUT2D eigenvalue weighted by Crippen LogP contribution is -2.48. The molecule has 1 atom stereocenters. The highest BCUT2D eigenvalue weighted by Gasteiger charge is 2.32. The predicted molar refractivity (Wildman–Crippen MR) is 134 cm³/mol. The average molecular weight is 492 g/mol. The number of benzene rings is 1. The molecule has 9 heteroatoms. The molecule has 196 valence electrons. The van der Waals surface area contributed by atoms with Gasteiger partial charge in [0.2, 0.25) is 11.8 Å². The van der Waals surface area contributed by atoms with Crippen LogP contribution in [0.25, 0.3) is 0 Å². The molecular weight excluding hydrogens is 450 g/mol. The van der Waals surface area contributed by atoms with Gasteiger partial charge in [-0.15, -0.1) is 0 Å². The Morgan fingerprint density at radius 3 is 2.17 bits per heavy atom. The van der Waals surface area contributed by atoms with Crippen LogP contribution in [0.4, 0.5) is 4.79 Å². The zero-order valence-electron chi connectivity index (χ0n) is 22.2. The van der Waals surface area contributed by atoms with Gasteiger partial charge in [-0.3, -0.25) is 14.4 Å². The van der Waals surface area contributed by atoms with Gasteiger partial charge in [0.25, 0.3) is 0 Å². The van der Waals surface area contributed by atoms with Crippen molar-refractivity contribution in [3.63, 3.8) is 0 Å². The Balaban J connectivity index is 3.18. The third kappa shape index (κ3) is 11.2. The molecule has 0 bridgehead atoms. The molecule has 0 radical (unpaired) electrons. The number of ether oxygens (including phenoxy) is 2. The van der Waals surface area contributed by atoms with Crippen molar-refractivity contribution in [2.45, 2.75) is 79.4 Å². The fraction of sp³-hybridized carbons (Fsp3) is 0.615. The van der Waals surface area contributed by atoms with Crippen molar-refractivity contribution in [1.82, 2.24) is 15.5 Å². The summed E-state index contributed by atoms with van der Waals surface area (Å²) in [5.41, 5.74) is 1.88. The maximum Gasteiger partial charge on any atom is 0.408 e. The molecule has 1 aromatic carbocycles. The van der Waals surface area contributed by atoms with Gasteiger partial charge in [0.15, 0.2) is 0 Å². The molecule has 0 aliphatic carbocycles. The summed E-state index contributed by atoms with van der Waals surface area (Å²) in [4.78, 5) is 51.9. The second kappa shape index (κ2) is 14.3. The van der Waals surface area contributed by atoms with Gasteiger partial charge in [0, 0.05) is 13.1 Å². The molecule has 1 unspecified atom stereocenters. The third-order valence-electron chi connectivity index (χ3n) is 4.91. The zero-order valence-corrected chi connectivity index (χ0v) is 22.2. The highest BCUT2D eigenvalue weighted by molar-refractivity contribution is 5.90. The van der Waals surface area contributed by atoms with E-state index < -0.39 is 35.5 Å². The number of hydrogen-bond donors (Lipinski definition) is 2. The number of esters is 1. The van der Waals surface area contributed by atoms with Crippen LogP contribution in [0.1, 0.15) is 76.6 Å². The van der Waals surface area contributed by atoms with Crippen molar-refractivity contribution in [2.24, 2.45) is 0 Å². The molecule has 9 nitrogen and oxygen atoms in total. The number of unbranched alkanes of at least 4 members (excludes halogenated alkanes) is 1. The molecule has 0 heterocycles. The van der Waals surface area contributed by atoms with Crippen LogP contribution in [0, 0.1) is 13.8 Å². The highest BCUT2D eigenvalue weighted by atomic mass is 16.6. The summed E-state index contributed by atoms with van der Waals surface area (Å²) in [5, 5.41) is 5.26. The van der Waals surface area contributed by atoms with Gasteiger partial charge in [-0.1, -0.05) is 42.7 Å². The van der Waals surface area contributed by atoms with E-state index in [1.807, 2.05) is 39.0 Å². The Kier molecular flexibility index (Phi) is 12.3. The van der Waals surface area contributed by atoms with Gasteiger partial charge < -0.3 is 25.0 Å². The van der Waals surface area contributed by atoms with Crippen molar-refractivity contribution < 1.29 is 28.7 Å². The summed E-state index contributed by atoms with van der Waals surface area (Å²) in [5.74, 6) is -1.22. The fourth-order valence-electron chi connectivity index (χ4n) is 3.55. The van der Waals surface area contributed by atoms with Crippen molar-refractivity contribution in [3.8, 4) is 0 Å². The molecular formula is C26H41N3O6. The zero-order chi connectivity index (χ0) is 26.6. The maximum absolute atomic E-state index is 13.4. The van der Waals surface area contributed by atoms with Crippen molar-refractivity contribution in [3.05, 3.63) is 34.9 Å². The first kappa shape index (κ1) is 29.9. The Bertz CT molecular complexity index is 858. The normalized spacial score (nSPS) is 11.9. The van der Waals surface area contributed by atoms with E-state index in [9.17, 15) is 19.2 Å². The molecule has 0 fully saturated rings. The molecule has 0 saturated carbocycles. The maximum atomic E-state index is 13.4. The third-order valence-corrected chi connectivity index (χ3v) is 4.91. The van der Waals surface area contributed by atoms with Crippen LogP contribution in [-0.4, -0.2) is 60.6 Å². The lowest BCUT2D eigenvalue weighted by Gasteiger charge is -2.32. The highest BCUT2D eigenvalue weighted by Crippen LogP contribution is 2.25. The molecule has 0 aliphatic rings. The molecule has 35 heavy (non-hydrogen) atoms. The van der Waals surface area contributed by atoms with Crippen molar-refractivity contribution >= 4 is 23.9 Å². The first-order valence-corrected chi connectivity index (χ1v) is 12.2. The number of nitrogens with zero attached hydrogens (tertiary/aromatic N) is 1. The van der Waals surface area contributed by atoms with Crippen LogP contribution in [0.5, 0.6) is 0 Å². The van der Waals surface area contributed by atoms with Crippen LogP contribution in [0.15, 0.2) is 18.2 Å². The van der Waals surface area contributed by atoms with E-state index in [1.165, 1.54) is 4.90 Å². The lowest BCUT2D eigenvalue weighted by molar-refractivity contribution is -0.143. The van der Waals surface area contributed by atoms with E-state index in [4.69, 9.17) is 9.47 Å². The summed E-state index contributed by atoms with van der Waals surface area (Å²) >= 11 is 0. The first-order valence-electron chi connectivity index (χ1n) is 12.2. The molecule has 1 aromatic rings. The number of aryl methyl sites for hydroxylation is 2. The summed E-state index contributed by atoms with van der Waals surface area (Å²) < 4.78 is 10.1. The van der Waals surface area contributed by atoms with Crippen molar-refractivity contribution in [2.75, 3.05) is 26.2 Å². The number of hydrogen-bond acceptors (Lipinski definition) is 6. The van der Waals surface area contributed by atoms with Gasteiger partial charge in [0.05, 0.1) is 13.0 Å². The van der Waals surface area contributed by atoms with Gasteiger partial charge >= 0.3 is 12.1 Å². The average Bonchev–Trinajstić information content (AvgIpc) is 2.73. The Morgan fingerprint density at radius 1 is 1.00 bits per heavy atom. The number of amides is 3. The van der Waals surface area contributed by atoms with Gasteiger partial charge in [-0.25, -0.2) is 4.79 Å². The minimum Gasteiger partial charge on any atom is -0.466 e. The van der Waals surface area contributed by atoms with Crippen LogP contribution < -0.4 is 10.6 Å². The number of alkyl carbamates (subject to hydrolysis) is 1. The topological polar surface area (TPSA) is 114 Å². The smallest absolute Gasteiger partial charge is 0.408 e. The minimum atomic E-state index is -0.921. The lowest BCUT2D eigenvalue weighted by atomic mass is 9.98. The van der Waals surface area contributed by atoms with Crippen LogP contribution >= 0.6 is 0 Å². The van der Waals surface area contributed by atoms with E-state index >= 15 is 0 Å². The van der Waals surface area contributed by atoms with E-state index in [1.54, 1.807) is 27.7 Å². The molecule has 2 N–H and O–H groups in total. The second-order valence-corrected chi connectivity index (χ2v) is 9.47. The van der Waals surface area contributed by atoms with E-state index in [0.717, 1.165) is 17.5 Å². The monoisotopic (exact) mass is 491 g/mol. The quantitative estimate of drug-likeness (QED) is 0.432. The van der Waals surface area contributed by atoms with Crippen LogP contribution in [0.2, 0.25) is 0 Å². The molecule has 1 rings (SSSR count). The first-order chi connectivity index (χ1) is 16.4. The fourth-order valence-corrected chi connectivity index (χ4v) is 3.55. The van der Waals surface area contributed by atoms with Crippen LogP contribution in [0.3, 0.4) is 0 Å². The Labute approximate surface area is 208 Å². The Hall–Kier alpha value is -3.10. The van der Waals surface area contributed by atoms with E-state index in [2.05, 4.69) is 10.6 Å². The summed E-state index contributed by atoms with van der Waals surface area (Å²) in [6, 6.07) is 4.81. The SMILES string of the molecule is CCCCN(C(=O)CNC(=O)OC(C)(C)C)C(C(=O)NCCC(=O)OCC)c1cc(C)cc(C)c1. The number of carbonyl (C=O) groups excluding carboxylic acids is 4. The molecule has 0 aliphatic heterocycles. The van der Waals surface area contributed by atoms with Gasteiger partial charge in [-0.2, -0.15) is 0 Å². The van der Waals surface area contributed by atoms with Crippen molar-refractivity contribution in [1.29, 1.82) is 0 Å². The number of rotatable bonds is 12. The molecule has 0 aromatic heterocycles. The Morgan fingerprint density at radius 2 is 1.63 bits per heavy atom. The largest absolute Gasteiger partial charge is 0.466 e. The molecule has 0 saturated heterocycles. The minimum absolute atomic E-state index is 0.0300. The summed E-state index contributed by atoms with van der Waals surface area (Å²) in [6.45, 7) is 13.1. The standard InChI is InChI=1S/C26H41N3O6/c1-8-10-13-29(21(30)17-28-25(33)35-26(5,6)7)23(20-15-18(3)14-19(4)16-20)24(32)27-12-11-22(31)34-9-2/h14-16,23H,8-13,17H2,1-7H3,(H,27,32)(H,28,33). The summed E-state index contributed by atoms with van der Waals surface area (Å²) in [6.07, 6.45) is 0.814. The summed E-state index contributed by atoms with van der Waals surface area (Å²) in [7, 11) is 0. The number of nitrogens with one attached hydrogen (secondary N) is 2. The van der Waals surface area contributed by atoms with E-state index in [-0.39, 0.29) is 26.1 Å². The molecule has 0 spiro atoms. The number of carbonyl (C=O) groups is 4.